The molecule has 0 aliphatic carbocycles. The van der Waals surface area contributed by atoms with Gasteiger partial charge >= 0.3 is 0 Å². The number of hydrogen-bond acceptors (Lipinski definition) is 6. The average molecular weight is 307 g/mol. The fraction of sp³-hybridized carbons (Fsp3) is 0.176. The van der Waals surface area contributed by atoms with E-state index in [1.807, 2.05) is 42.5 Å². The number of aromatic nitrogens is 4. The number of anilines is 1. The van der Waals surface area contributed by atoms with E-state index >= 15 is 0 Å². The second-order valence-corrected chi connectivity index (χ2v) is 4.89. The Morgan fingerprint density at radius 1 is 0.913 bits per heavy atom. The van der Waals surface area contributed by atoms with Gasteiger partial charge in [-0.2, -0.15) is 0 Å². The minimum absolute atomic E-state index is 0.125. The van der Waals surface area contributed by atoms with Gasteiger partial charge in [-0.3, -0.25) is 9.97 Å². The minimum Gasteiger partial charge on any atom is -0.382 e. The lowest BCUT2D eigenvalue weighted by Crippen LogP contribution is -2.19. The highest BCUT2D eigenvalue weighted by molar-refractivity contribution is 5.54. The predicted octanol–water partition coefficient (Wildman–Crippen LogP) is 2.73. The summed E-state index contributed by atoms with van der Waals surface area (Å²) in [7, 11) is 1.66. The number of pyridine rings is 2. The zero-order chi connectivity index (χ0) is 15.9. The molecule has 0 saturated heterocycles. The van der Waals surface area contributed by atoms with Crippen LogP contribution in [0.2, 0.25) is 0 Å². The first-order valence-corrected chi connectivity index (χ1v) is 7.27. The van der Waals surface area contributed by atoms with Crippen LogP contribution in [0.1, 0.15) is 11.7 Å². The van der Waals surface area contributed by atoms with Crippen LogP contribution in [0.4, 0.5) is 5.95 Å². The third kappa shape index (κ3) is 3.87. The number of nitrogens with one attached hydrogen (secondary N) is 1. The van der Waals surface area contributed by atoms with Crippen molar-refractivity contribution in [2.75, 3.05) is 19.0 Å². The zero-order valence-corrected chi connectivity index (χ0v) is 12.8. The Morgan fingerprint density at radius 2 is 1.74 bits per heavy atom. The summed E-state index contributed by atoms with van der Waals surface area (Å²) in [6.07, 6.45) is 5.21. The van der Waals surface area contributed by atoms with Crippen LogP contribution < -0.4 is 5.32 Å². The van der Waals surface area contributed by atoms with Crippen molar-refractivity contribution < 1.29 is 4.74 Å². The monoisotopic (exact) mass is 307 g/mol. The molecule has 0 aliphatic rings. The molecule has 0 fully saturated rings. The first-order valence-electron chi connectivity index (χ1n) is 7.27. The zero-order valence-electron chi connectivity index (χ0n) is 12.8. The second kappa shape index (κ2) is 7.42. The van der Waals surface area contributed by atoms with Crippen LogP contribution in [-0.4, -0.2) is 33.7 Å². The summed E-state index contributed by atoms with van der Waals surface area (Å²) in [5, 5.41) is 3.27. The van der Waals surface area contributed by atoms with E-state index < -0.39 is 0 Å². The maximum absolute atomic E-state index is 5.28. The van der Waals surface area contributed by atoms with E-state index in [4.69, 9.17) is 4.74 Å². The molecule has 0 amide bonds. The van der Waals surface area contributed by atoms with Crippen LogP contribution in [0.15, 0.2) is 61.1 Å². The first kappa shape index (κ1) is 15.1. The molecule has 0 saturated carbocycles. The number of rotatable bonds is 6. The Labute approximate surface area is 134 Å². The van der Waals surface area contributed by atoms with E-state index in [0.29, 0.717) is 12.6 Å². The number of nitrogens with zero attached hydrogens (tertiary/aromatic N) is 4. The third-order valence-electron chi connectivity index (χ3n) is 3.26. The summed E-state index contributed by atoms with van der Waals surface area (Å²) < 4.78 is 5.28. The Bertz CT molecular complexity index is 736. The summed E-state index contributed by atoms with van der Waals surface area (Å²) in [5.74, 6) is 0.515. The van der Waals surface area contributed by atoms with E-state index in [-0.39, 0.29) is 6.04 Å². The molecule has 3 rings (SSSR count). The van der Waals surface area contributed by atoms with Crippen molar-refractivity contribution in [2.45, 2.75) is 6.04 Å². The van der Waals surface area contributed by atoms with Gasteiger partial charge in [0.15, 0.2) is 0 Å². The van der Waals surface area contributed by atoms with Gasteiger partial charge in [0.25, 0.3) is 0 Å². The molecule has 116 valence electrons. The molecule has 1 atom stereocenters. The molecule has 0 unspecified atom stereocenters. The van der Waals surface area contributed by atoms with Crippen LogP contribution >= 0.6 is 0 Å². The highest BCUT2D eigenvalue weighted by Gasteiger charge is 2.14. The third-order valence-corrected chi connectivity index (χ3v) is 3.26. The first-order chi connectivity index (χ1) is 11.4. The Morgan fingerprint density at radius 3 is 2.43 bits per heavy atom. The topological polar surface area (TPSA) is 72.8 Å². The van der Waals surface area contributed by atoms with Crippen molar-refractivity contribution in [1.82, 2.24) is 19.9 Å². The molecule has 0 radical (unpaired) electrons. The van der Waals surface area contributed by atoms with E-state index in [0.717, 1.165) is 17.1 Å². The van der Waals surface area contributed by atoms with Gasteiger partial charge in [-0.1, -0.05) is 12.1 Å². The smallest absolute Gasteiger partial charge is 0.223 e. The highest BCUT2D eigenvalue weighted by Crippen LogP contribution is 2.18. The van der Waals surface area contributed by atoms with Crippen LogP contribution in [0, 0.1) is 0 Å². The van der Waals surface area contributed by atoms with Gasteiger partial charge in [-0.05, 0) is 30.3 Å². The van der Waals surface area contributed by atoms with Crippen molar-refractivity contribution in [2.24, 2.45) is 0 Å². The number of hydrogen-bond donors (Lipinski definition) is 1. The molecule has 3 aromatic heterocycles. The lowest BCUT2D eigenvalue weighted by Gasteiger charge is -2.17. The summed E-state index contributed by atoms with van der Waals surface area (Å²) in [6, 6.07) is 13.2. The summed E-state index contributed by atoms with van der Waals surface area (Å²) in [6.45, 7) is 0.466. The van der Waals surface area contributed by atoms with E-state index in [9.17, 15) is 0 Å². The number of methoxy groups -OCH3 is 1. The minimum atomic E-state index is -0.125. The van der Waals surface area contributed by atoms with Crippen LogP contribution in [0.3, 0.4) is 0 Å². The Balaban J connectivity index is 1.84. The van der Waals surface area contributed by atoms with Crippen molar-refractivity contribution in [3.8, 4) is 11.4 Å². The molecule has 0 aromatic carbocycles. The van der Waals surface area contributed by atoms with Gasteiger partial charge in [0.05, 0.1) is 29.7 Å². The molecule has 6 heteroatoms. The molecule has 23 heavy (non-hydrogen) atoms. The van der Waals surface area contributed by atoms with Gasteiger partial charge in [0.2, 0.25) is 5.95 Å². The molecular weight excluding hydrogens is 290 g/mol. The normalized spacial score (nSPS) is 11.9. The molecule has 6 nitrogen and oxygen atoms in total. The Hall–Kier alpha value is -2.86. The SMILES string of the molecule is COC[C@H](Nc1nccc(-c2ccccn2)n1)c1ccccn1. The Kier molecular flexibility index (Phi) is 4.85. The summed E-state index contributed by atoms with van der Waals surface area (Å²) in [4.78, 5) is 17.5. The maximum atomic E-state index is 5.28. The molecule has 3 aromatic rings. The van der Waals surface area contributed by atoms with Crippen molar-refractivity contribution in [1.29, 1.82) is 0 Å². The maximum Gasteiger partial charge on any atom is 0.223 e. The van der Waals surface area contributed by atoms with Gasteiger partial charge in [0.1, 0.15) is 0 Å². The van der Waals surface area contributed by atoms with Crippen molar-refractivity contribution in [3.05, 3.63) is 66.7 Å². The summed E-state index contributed by atoms with van der Waals surface area (Å²) >= 11 is 0. The molecular formula is C17H17N5O. The van der Waals surface area contributed by atoms with E-state index in [1.165, 1.54) is 0 Å². The van der Waals surface area contributed by atoms with E-state index in [2.05, 4.69) is 25.3 Å². The molecule has 0 bridgehead atoms. The molecule has 1 N–H and O–H groups in total. The fourth-order valence-corrected chi connectivity index (χ4v) is 2.19. The summed E-state index contributed by atoms with van der Waals surface area (Å²) in [5.41, 5.74) is 2.44. The molecule has 0 aliphatic heterocycles. The average Bonchev–Trinajstić information content (AvgIpc) is 2.63. The predicted molar refractivity (Wildman–Crippen MR) is 87.7 cm³/mol. The van der Waals surface area contributed by atoms with E-state index in [1.54, 1.807) is 25.7 Å². The van der Waals surface area contributed by atoms with Crippen molar-refractivity contribution >= 4 is 5.95 Å². The van der Waals surface area contributed by atoms with Crippen molar-refractivity contribution in [3.63, 3.8) is 0 Å². The molecule has 0 spiro atoms. The molecule has 3 heterocycles. The fourth-order valence-electron chi connectivity index (χ4n) is 2.19. The van der Waals surface area contributed by atoms with Crippen LogP contribution in [0.25, 0.3) is 11.4 Å². The van der Waals surface area contributed by atoms with Crippen LogP contribution in [-0.2, 0) is 4.74 Å². The quantitative estimate of drug-likeness (QED) is 0.755. The van der Waals surface area contributed by atoms with Crippen LogP contribution in [0.5, 0.6) is 0 Å². The van der Waals surface area contributed by atoms with Gasteiger partial charge < -0.3 is 10.1 Å². The lowest BCUT2D eigenvalue weighted by atomic mass is 10.2. The lowest BCUT2D eigenvalue weighted by molar-refractivity contribution is 0.185. The highest BCUT2D eigenvalue weighted by atomic mass is 16.5. The standard InChI is InChI=1S/C17H17N5O/c1-23-12-16(14-7-3-5-10-19-14)22-17-20-11-8-15(21-17)13-6-2-4-9-18-13/h2-11,16H,12H2,1H3,(H,20,21,22)/t16-/m0/s1. The van der Waals surface area contributed by atoms with Gasteiger partial charge in [0, 0.05) is 25.7 Å². The largest absolute Gasteiger partial charge is 0.382 e. The number of ether oxygens (including phenoxy) is 1. The van der Waals surface area contributed by atoms with Gasteiger partial charge in [-0.15, -0.1) is 0 Å². The second-order valence-electron chi connectivity index (χ2n) is 4.89. The van der Waals surface area contributed by atoms with Gasteiger partial charge in [-0.25, -0.2) is 9.97 Å².